The average molecular weight is 449 g/mol. The maximum atomic E-state index is 12.9. The summed E-state index contributed by atoms with van der Waals surface area (Å²) >= 11 is 0. The van der Waals surface area contributed by atoms with Crippen molar-refractivity contribution in [2.45, 2.75) is 37.8 Å². The molecule has 0 radical (unpaired) electrons. The van der Waals surface area contributed by atoms with Crippen molar-refractivity contribution in [1.29, 1.82) is 0 Å². The molecule has 3 rings (SSSR count). The molecule has 1 amide bonds. The van der Waals surface area contributed by atoms with Gasteiger partial charge in [-0.2, -0.15) is 0 Å². The van der Waals surface area contributed by atoms with Crippen molar-refractivity contribution in [1.82, 2.24) is 10.6 Å². The lowest BCUT2D eigenvalue weighted by molar-refractivity contribution is -0.140. The van der Waals surface area contributed by atoms with Crippen LogP contribution in [0.4, 0.5) is 0 Å². The van der Waals surface area contributed by atoms with Crippen LogP contribution in [-0.4, -0.2) is 46.7 Å². The second-order valence-corrected chi connectivity index (χ2v) is 7.91. The normalized spacial score (nSPS) is 12.7. The molecule has 33 heavy (non-hydrogen) atoms. The van der Waals surface area contributed by atoms with Gasteiger partial charge in [-0.25, -0.2) is 0 Å². The third-order valence-electron chi connectivity index (χ3n) is 5.52. The van der Waals surface area contributed by atoms with E-state index in [-0.39, 0.29) is 19.4 Å². The van der Waals surface area contributed by atoms with Crippen LogP contribution in [0.5, 0.6) is 0 Å². The zero-order valence-corrected chi connectivity index (χ0v) is 18.2. The van der Waals surface area contributed by atoms with E-state index in [1.165, 1.54) is 0 Å². The van der Waals surface area contributed by atoms with Crippen LogP contribution in [0.25, 0.3) is 10.8 Å². The van der Waals surface area contributed by atoms with Crippen LogP contribution in [0.3, 0.4) is 0 Å². The fourth-order valence-electron chi connectivity index (χ4n) is 3.81. The Morgan fingerprint density at radius 1 is 0.818 bits per heavy atom. The fourth-order valence-corrected chi connectivity index (χ4v) is 3.81. The number of fused-ring (bicyclic) bond motifs is 1. The summed E-state index contributed by atoms with van der Waals surface area (Å²) < 4.78 is 0. The largest absolute Gasteiger partial charge is 0.481 e. The van der Waals surface area contributed by atoms with Gasteiger partial charge in [-0.3, -0.25) is 19.7 Å². The summed E-state index contributed by atoms with van der Waals surface area (Å²) in [5.41, 5.74) is 1.92. The van der Waals surface area contributed by atoms with Crippen LogP contribution in [0.2, 0.25) is 0 Å². The topological polar surface area (TPSA) is 116 Å². The van der Waals surface area contributed by atoms with Crippen molar-refractivity contribution >= 4 is 28.6 Å². The molecule has 3 aromatic rings. The molecule has 0 saturated carbocycles. The second-order valence-electron chi connectivity index (χ2n) is 7.91. The molecule has 0 aliphatic carbocycles. The minimum atomic E-state index is -1.04. The molecule has 0 aliphatic heterocycles. The Bertz CT molecular complexity index is 1090. The number of carbonyl (C=O) groups excluding carboxylic acids is 1. The minimum Gasteiger partial charge on any atom is -0.481 e. The average Bonchev–Trinajstić information content (AvgIpc) is 2.81. The van der Waals surface area contributed by atoms with Crippen molar-refractivity contribution in [3.8, 4) is 0 Å². The number of rotatable bonds is 12. The number of nitrogens with one attached hydrogen (secondary N) is 2. The Balaban J connectivity index is 1.79. The highest BCUT2D eigenvalue weighted by molar-refractivity contribution is 5.88. The van der Waals surface area contributed by atoms with E-state index in [2.05, 4.69) is 10.6 Å². The monoisotopic (exact) mass is 448 g/mol. The van der Waals surface area contributed by atoms with E-state index in [1.807, 2.05) is 72.8 Å². The van der Waals surface area contributed by atoms with Gasteiger partial charge in [0.05, 0.1) is 12.5 Å². The van der Waals surface area contributed by atoms with Crippen LogP contribution < -0.4 is 10.6 Å². The number of carboxylic acid groups (broad SMARTS) is 2. The standard InChI is InChI=1S/C26H28N2O5/c29-24(30)15-16-27-25(31)23(17-20-11-6-10-19-9-4-5-12-21(19)20)28-22(26(32)33)14-13-18-7-2-1-3-8-18/h1-12,22-23,28H,13-17H2,(H,27,31)(H,29,30)(H,32,33)/t22-,23-/m0/s1. The summed E-state index contributed by atoms with van der Waals surface area (Å²) in [5, 5.41) is 26.3. The lowest BCUT2D eigenvalue weighted by Crippen LogP contribution is -2.52. The molecular weight excluding hydrogens is 420 g/mol. The first-order valence-corrected chi connectivity index (χ1v) is 10.9. The third-order valence-corrected chi connectivity index (χ3v) is 5.52. The first-order chi connectivity index (χ1) is 15.9. The van der Waals surface area contributed by atoms with Crippen LogP contribution in [0.1, 0.15) is 24.0 Å². The second kappa shape index (κ2) is 11.8. The molecule has 0 bridgehead atoms. The smallest absolute Gasteiger partial charge is 0.320 e. The highest BCUT2D eigenvalue weighted by Gasteiger charge is 2.27. The minimum absolute atomic E-state index is 0.0242. The number of carbonyl (C=O) groups is 3. The van der Waals surface area contributed by atoms with Gasteiger partial charge in [0.2, 0.25) is 5.91 Å². The van der Waals surface area contributed by atoms with Crippen molar-refractivity contribution in [3.63, 3.8) is 0 Å². The number of amides is 1. The summed E-state index contributed by atoms with van der Waals surface area (Å²) in [7, 11) is 0. The maximum absolute atomic E-state index is 12.9. The van der Waals surface area contributed by atoms with Crippen molar-refractivity contribution < 1.29 is 24.6 Å². The number of aryl methyl sites for hydroxylation is 1. The number of benzene rings is 3. The lowest BCUT2D eigenvalue weighted by atomic mass is 9.97. The summed E-state index contributed by atoms with van der Waals surface area (Å²) in [5.74, 6) is -2.47. The fraction of sp³-hybridized carbons (Fsp3) is 0.269. The molecule has 0 heterocycles. The van der Waals surface area contributed by atoms with E-state index in [9.17, 15) is 19.5 Å². The Labute approximate surface area is 192 Å². The van der Waals surface area contributed by atoms with E-state index >= 15 is 0 Å². The summed E-state index contributed by atoms with van der Waals surface area (Å²) in [6.07, 6.45) is 0.929. The van der Waals surface area contributed by atoms with Gasteiger partial charge < -0.3 is 15.5 Å². The zero-order chi connectivity index (χ0) is 23.6. The number of hydrogen-bond donors (Lipinski definition) is 4. The molecule has 2 atom stereocenters. The van der Waals surface area contributed by atoms with Crippen molar-refractivity contribution in [3.05, 3.63) is 83.9 Å². The van der Waals surface area contributed by atoms with E-state index in [0.717, 1.165) is 21.9 Å². The summed E-state index contributed by atoms with van der Waals surface area (Å²) in [4.78, 5) is 35.7. The zero-order valence-electron chi connectivity index (χ0n) is 18.2. The molecule has 0 aromatic heterocycles. The Morgan fingerprint density at radius 3 is 2.24 bits per heavy atom. The first-order valence-electron chi connectivity index (χ1n) is 10.9. The van der Waals surface area contributed by atoms with E-state index < -0.39 is 29.9 Å². The van der Waals surface area contributed by atoms with Gasteiger partial charge in [0.15, 0.2) is 0 Å². The van der Waals surface area contributed by atoms with Crippen LogP contribution in [0.15, 0.2) is 72.8 Å². The van der Waals surface area contributed by atoms with Gasteiger partial charge in [0.25, 0.3) is 0 Å². The molecule has 0 saturated heterocycles. The highest BCUT2D eigenvalue weighted by Crippen LogP contribution is 2.20. The van der Waals surface area contributed by atoms with E-state index in [4.69, 9.17) is 5.11 Å². The predicted molar refractivity (Wildman–Crippen MR) is 126 cm³/mol. The van der Waals surface area contributed by atoms with Gasteiger partial charge in [-0.15, -0.1) is 0 Å². The Hall–Kier alpha value is -3.71. The lowest BCUT2D eigenvalue weighted by Gasteiger charge is -2.23. The molecule has 172 valence electrons. The van der Waals surface area contributed by atoms with E-state index in [1.54, 1.807) is 0 Å². The molecule has 0 fully saturated rings. The van der Waals surface area contributed by atoms with Gasteiger partial charge in [-0.1, -0.05) is 72.8 Å². The van der Waals surface area contributed by atoms with Crippen LogP contribution in [-0.2, 0) is 27.2 Å². The Morgan fingerprint density at radius 2 is 1.52 bits per heavy atom. The van der Waals surface area contributed by atoms with E-state index in [0.29, 0.717) is 12.8 Å². The van der Waals surface area contributed by atoms with Crippen molar-refractivity contribution in [2.75, 3.05) is 6.54 Å². The molecule has 0 aliphatic rings. The molecule has 0 unspecified atom stereocenters. The molecule has 4 N–H and O–H groups in total. The Kier molecular flexibility index (Phi) is 8.55. The number of carboxylic acids is 2. The highest BCUT2D eigenvalue weighted by atomic mass is 16.4. The van der Waals surface area contributed by atoms with Crippen molar-refractivity contribution in [2.24, 2.45) is 0 Å². The molecular formula is C26H28N2O5. The maximum Gasteiger partial charge on any atom is 0.320 e. The first kappa shape index (κ1) is 23.9. The van der Waals surface area contributed by atoms with Gasteiger partial charge in [0, 0.05) is 6.54 Å². The molecule has 7 heteroatoms. The molecule has 3 aromatic carbocycles. The number of aliphatic carboxylic acids is 2. The third kappa shape index (κ3) is 7.15. The van der Waals surface area contributed by atoms with Crippen LogP contribution >= 0.6 is 0 Å². The quantitative estimate of drug-likeness (QED) is 0.339. The summed E-state index contributed by atoms with van der Waals surface area (Å²) in [6.45, 7) is -0.0242. The number of hydrogen-bond acceptors (Lipinski definition) is 4. The van der Waals surface area contributed by atoms with Gasteiger partial charge in [0.1, 0.15) is 6.04 Å². The van der Waals surface area contributed by atoms with Crippen LogP contribution in [0, 0.1) is 0 Å². The molecule has 0 spiro atoms. The molecule has 7 nitrogen and oxygen atoms in total. The summed E-state index contributed by atoms with van der Waals surface area (Å²) in [6, 6.07) is 21.4. The predicted octanol–water partition coefficient (Wildman–Crippen LogP) is 3.02. The van der Waals surface area contributed by atoms with Gasteiger partial charge >= 0.3 is 11.9 Å². The van der Waals surface area contributed by atoms with Gasteiger partial charge in [-0.05, 0) is 41.2 Å². The SMILES string of the molecule is O=C(O)CCNC(=O)[C@H](Cc1cccc2ccccc12)N[C@@H](CCc1ccccc1)C(=O)O.